The molecule has 0 saturated carbocycles. The summed E-state index contributed by atoms with van der Waals surface area (Å²) in [6.45, 7) is 3.34. The third-order valence-electron chi connectivity index (χ3n) is 3.21. The molecule has 1 rings (SSSR count). The van der Waals surface area contributed by atoms with Gasteiger partial charge in [-0.15, -0.1) is 0 Å². The van der Waals surface area contributed by atoms with Crippen molar-refractivity contribution >= 4 is 0 Å². The summed E-state index contributed by atoms with van der Waals surface area (Å²) in [5, 5.41) is 3.29. The summed E-state index contributed by atoms with van der Waals surface area (Å²) < 4.78 is 52.4. The maximum absolute atomic E-state index is 12.2. The van der Waals surface area contributed by atoms with Crippen LogP contribution in [-0.4, -0.2) is 40.1 Å². The second kappa shape index (κ2) is 9.50. The standard InChI is InChI=1S/C16H24F3NO3/c1-4-7-20-8-5-12-10-14(22-3)15(11-13(12)21-2)23-9-6-16(17,18)19/h10-11,20H,4-9H2,1-3H3. The maximum Gasteiger partial charge on any atom is 0.392 e. The first-order valence-electron chi connectivity index (χ1n) is 7.56. The molecule has 1 aromatic carbocycles. The SMILES string of the molecule is CCCNCCc1cc(OC)c(OCCC(F)(F)F)cc1OC. The van der Waals surface area contributed by atoms with Gasteiger partial charge in [0.25, 0.3) is 0 Å². The van der Waals surface area contributed by atoms with Crippen molar-refractivity contribution < 1.29 is 27.4 Å². The summed E-state index contributed by atoms with van der Waals surface area (Å²) in [5.41, 5.74) is 0.913. The van der Waals surface area contributed by atoms with Crippen molar-refractivity contribution in [2.24, 2.45) is 0 Å². The van der Waals surface area contributed by atoms with E-state index in [1.54, 1.807) is 12.1 Å². The van der Waals surface area contributed by atoms with Gasteiger partial charge >= 0.3 is 6.18 Å². The molecule has 4 nitrogen and oxygen atoms in total. The molecule has 0 aliphatic rings. The van der Waals surface area contributed by atoms with Crippen LogP contribution in [0.4, 0.5) is 13.2 Å². The van der Waals surface area contributed by atoms with Crippen molar-refractivity contribution in [1.82, 2.24) is 5.32 Å². The lowest BCUT2D eigenvalue weighted by molar-refractivity contribution is -0.139. The molecule has 0 atom stereocenters. The average molecular weight is 335 g/mol. The van der Waals surface area contributed by atoms with Crippen LogP contribution in [0.1, 0.15) is 25.3 Å². The highest BCUT2D eigenvalue weighted by molar-refractivity contribution is 5.50. The van der Waals surface area contributed by atoms with Crippen LogP contribution in [0, 0.1) is 0 Å². The summed E-state index contributed by atoms with van der Waals surface area (Å²) in [4.78, 5) is 0. The van der Waals surface area contributed by atoms with E-state index in [1.807, 2.05) is 0 Å². The van der Waals surface area contributed by atoms with Crippen molar-refractivity contribution in [3.8, 4) is 17.2 Å². The molecular weight excluding hydrogens is 311 g/mol. The second-order valence-corrected chi connectivity index (χ2v) is 5.03. The van der Waals surface area contributed by atoms with Gasteiger partial charge in [0, 0.05) is 6.07 Å². The number of hydrogen-bond donors (Lipinski definition) is 1. The van der Waals surface area contributed by atoms with Crippen LogP contribution in [0.2, 0.25) is 0 Å². The third kappa shape index (κ3) is 6.99. The smallest absolute Gasteiger partial charge is 0.392 e. The minimum absolute atomic E-state index is 0.249. The van der Waals surface area contributed by atoms with Crippen LogP contribution >= 0.6 is 0 Å². The van der Waals surface area contributed by atoms with Crippen LogP contribution < -0.4 is 19.5 Å². The third-order valence-corrected chi connectivity index (χ3v) is 3.21. The lowest BCUT2D eigenvalue weighted by atomic mass is 10.1. The van der Waals surface area contributed by atoms with Crippen molar-refractivity contribution in [3.63, 3.8) is 0 Å². The summed E-state index contributed by atoms with van der Waals surface area (Å²) in [6.07, 6.45) is -3.49. The van der Waals surface area contributed by atoms with E-state index < -0.39 is 19.2 Å². The van der Waals surface area contributed by atoms with Gasteiger partial charge in [-0.25, -0.2) is 0 Å². The molecule has 0 aliphatic heterocycles. The minimum Gasteiger partial charge on any atom is -0.496 e. The molecule has 132 valence electrons. The number of rotatable bonds is 10. The van der Waals surface area contributed by atoms with Crippen molar-refractivity contribution in [2.45, 2.75) is 32.4 Å². The fraction of sp³-hybridized carbons (Fsp3) is 0.625. The van der Waals surface area contributed by atoms with Gasteiger partial charge in [0.15, 0.2) is 11.5 Å². The number of alkyl halides is 3. The molecule has 0 unspecified atom stereocenters. The van der Waals surface area contributed by atoms with Gasteiger partial charge in [-0.1, -0.05) is 6.92 Å². The molecule has 0 amide bonds. The number of hydrogen-bond acceptors (Lipinski definition) is 4. The lowest BCUT2D eigenvalue weighted by Gasteiger charge is -2.16. The first-order valence-corrected chi connectivity index (χ1v) is 7.56. The van der Waals surface area contributed by atoms with Crippen LogP contribution in [-0.2, 0) is 6.42 Å². The molecule has 23 heavy (non-hydrogen) atoms. The molecule has 1 aromatic rings. The summed E-state index contributed by atoms with van der Waals surface area (Å²) >= 11 is 0. The average Bonchev–Trinajstić information content (AvgIpc) is 2.50. The predicted molar refractivity (Wildman–Crippen MR) is 82.6 cm³/mol. The predicted octanol–water partition coefficient (Wildman–Crippen LogP) is 3.58. The molecule has 1 N–H and O–H groups in total. The second-order valence-electron chi connectivity index (χ2n) is 5.03. The molecule has 0 heterocycles. The first kappa shape index (κ1) is 19.4. The Balaban J connectivity index is 2.79. The van der Waals surface area contributed by atoms with E-state index in [0.717, 1.165) is 31.5 Å². The van der Waals surface area contributed by atoms with Gasteiger partial charge in [0.2, 0.25) is 0 Å². The monoisotopic (exact) mass is 335 g/mol. The largest absolute Gasteiger partial charge is 0.496 e. The summed E-state index contributed by atoms with van der Waals surface area (Å²) in [6, 6.07) is 3.32. The summed E-state index contributed by atoms with van der Waals surface area (Å²) in [5.74, 6) is 1.23. The zero-order valence-electron chi connectivity index (χ0n) is 13.8. The first-order chi connectivity index (χ1) is 10.9. The van der Waals surface area contributed by atoms with Gasteiger partial charge in [0.1, 0.15) is 5.75 Å². The number of benzene rings is 1. The van der Waals surface area contributed by atoms with E-state index in [9.17, 15) is 13.2 Å². The zero-order valence-corrected chi connectivity index (χ0v) is 13.8. The van der Waals surface area contributed by atoms with Crippen molar-refractivity contribution in [2.75, 3.05) is 33.9 Å². The minimum atomic E-state index is -4.25. The van der Waals surface area contributed by atoms with Crippen LogP contribution in [0.5, 0.6) is 17.2 Å². The Bertz CT molecular complexity index is 478. The van der Waals surface area contributed by atoms with Crippen LogP contribution in [0.3, 0.4) is 0 Å². The van der Waals surface area contributed by atoms with E-state index in [2.05, 4.69) is 12.2 Å². The van der Waals surface area contributed by atoms with Crippen LogP contribution in [0.25, 0.3) is 0 Å². The Labute approximate surface area is 134 Å². The number of ether oxygens (including phenoxy) is 3. The van der Waals surface area contributed by atoms with E-state index in [1.165, 1.54) is 14.2 Å². The highest BCUT2D eigenvalue weighted by atomic mass is 19.4. The van der Waals surface area contributed by atoms with Crippen LogP contribution in [0.15, 0.2) is 12.1 Å². The zero-order chi connectivity index (χ0) is 17.3. The molecule has 0 aromatic heterocycles. The van der Waals surface area contributed by atoms with Crippen molar-refractivity contribution in [3.05, 3.63) is 17.7 Å². The van der Waals surface area contributed by atoms with E-state index in [-0.39, 0.29) is 5.75 Å². The molecule has 0 spiro atoms. The fourth-order valence-electron chi connectivity index (χ4n) is 2.04. The molecule has 0 bridgehead atoms. The molecule has 0 aliphatic carbocycles. The Morgan fingerprint density at radius 1 is 1.00 bits per heavy atom. The number of halogens is 3. The van der Waals surface area contributed by atoms with Gasteiger partial charge in [-0.05, 0) is 37.6 Å². The van der Waals surface area contributed by atoms with E-state index >= 15 is 0 Å². The molecule has 0 radical (unpaired) electrons. The Morgan fingerprint density at radius 2 is 1.70 bits per heavy atom. The molecule has 0 saturated heterocycles. The van der Waals surface area contributed by atoms with Gasteiger partial charge in [-0.3, -0.25) is 0 Å². The number of nitrogens with one attached hydrogen (secondary N) is 1. The molecular formula is C16H24F3NO3. The van der Waals surface area contributed by atoms with E-state index in [4.69, 9.17) is 14.2 Å². The fourth-order valence-corrected chi connectivity index (χ4v) is 2.04. The maximum atomic E-state index is 12.2. The highest BCUT2D eigenvalue weighted by Crippen LogP contribution is 2.35. The topological polar surface area (TPSA) is 39.7 Å². The van der Waals surface area contributed by atoms with Gasteiger partial charge in [-0.2, -0.15) is 13.2 Å². The lowest BCUT2D eigenvalue weighted by Crippen LogP contribution is -2.18. The van der Waals surface area contributed by atoms with E-state index in [0.29, 0.717) is 11.5 Å². The molecule has 7 heteroatoms. The Morgan fingerprint density at radius 3 is 2.26 bits per heavy atom. The Kier molecular flexibility index (Phi) is 8.02. The Hall–Kier alpha value is -1.63. The van der Waals surface area contributed by atoms with Gasteiger partial charge in [0.05, 0.1) is 27.2 Å². The van der Waals surface area contributed by atoms with Gasteiger partial charge < -0.3 is 19.5 Å². The normalized spacial score (nSPS) is 11.4. The number of methoxy groups -OCH3 is 2. The molecule has 0 fully saturated rings. The summed E-state index contributed by atoms with van der Waals surface area (Å²) in [7, 11) is 2.97. The quantitative estimate of drug-likeness (QED) is 0.664. The van der Waals surface area contributed by atoms with Crippen molar-refractivity contribution in [1.29, 1.82) is 0 Å². The highest BCUT2D eigenvalue weighted by Gasteiger charge is 2.27.